The highest BCUT2D eigenvalue weighted by atomic mass is 16.5. The Labute approximate surface area is 173 Å². The SMILES string of the molecule is COc1cccc(CNC(=O)C2CCCN(C3CCN(C(=O)C4CC4)CC3)C2)c1. The number of amides is 2. The standard InChI is InChI=1S/C23H33N3O3/c1-29-21-6-2-4-17(14-21)15-24-22(27)19-5-3-11-26(16-19)20-9-12-25(13-10-20)23(28)18-7-8-18/h2,4,6,14,18-20H,3,5,7-13,15-16H2,1H3,(H,24,27). The fraction of sp³-hybridized carbons (Fsp3) is 0.652. The van der Waals surface area contributed by atoms with E-state index in [1.54, 1.807) is 7.11 Å². The van der Waals surface area contributed by atoms with Gasteiger partial charge in [0.25, 0.3) is 0 Å². The van der Waals surface area contributed by atoms with Crippen molar-refractivity contribution in [2.24, 2.45) is 11.8 Å². The predicted octanol–water partition coefficient (Wildman–Crippen LogP) is 2.42. The first-order valence-corrected chi connectivity index (χ1v) is 11.1. The molecule has 1 saturated carbocycles. The zero-order chi connectivity index (χ0) is 20.2. The minimum atomic E-state index is 0.0560. The second kappa shape index (κ2) is 9.16. The van der Waals surface area contributed by atoms with E-state index in [4.69, 9.17) is 4.74 Å². The summed E-state index contributed by atoms with van der Waals surface area (Å²) in [5, 5.41) is 3.11. The molecular weight excluding hydrogens is 366 g/mol. The highest BCUT2D eigenvalue weighted by Crippen LogP contribution is 2.32. The minimum Gasteiger partial charge on any atom is -0.497 e. The molecule has 0 radical (unpaired) electrons. The van der Waals surface area contributed by atoms with E-state index in [2.05, 4.69) is 15.1 Å². The number of nitrogens with zero attached hydrogens (tertiary/aromatic N) is 2. The molecule has 3 fully saturated rings. The molecule has 6 heteroatoms. The smallest absolute Gasteiger partial charge is 0.225 e. The third kappa shape index (κ3) is 5.10. The number of benzene rings is 1. The van der Waals surface area contributed by atoms with Gasteiger partial charge in [0.2, 0.25) is 11.8 Å². The van der Waals surface area contributed by atoms with E-state index in [-0.39, 0.29) is 11.8 Å². The number of ether oxygens (including phenoxy) is 1. The van der Waals surface area contributed by atoms with Crippen molar-refractivity contribution in [2.75, 3.05) is 33.3 Å². The van der Waals surface area contributed by atoms with Crippen molar-refractivity contribution in [3.05, 3.63) is 29.8 Å². The second-order valence-electron chi connectivity index (χ2n) is 8.73. The van der Waals surface area contributed by atoms with Gasteiger partial charge in [-0.2, -0.15) is 0 Å². The third-order valence-corrected chi connectivity index (χ3v) is 6.64. The van der Waals surface area contributed by atoms with Crippen LogP contribution in [0.15, 0.2) is 24.3 Å². The maximum absolute atomic E-state index is 12.8. The third-order valence-electron chi connectivity index (χ3n) is 6.64. The summed E-state index contributed by atoms with van der Waals surface area (Å²) >= 11 is 0. The van der Waals surface area contributed by atoms with Gasteiger partial charge in [0.1, 0.15) is 5.75 Å². The molecule has 1 atom stereocenters. The maximum atomic E-state index is 12.8. The molecule has 1 unspecified atom stereocenters. The van der Waals surface area contributed by atoms with E-state index in [1.807, 2.05) is 24.3 Å². The van der Waals surface area contributed by atoms with E-state index < -0.39 is 0 Å². The summed E-state index contributed by atoms with van der Waals surface area (Å²) in [7, 11) is 1.65. The molecule has 2 aliphatic heterocycles. The van der Waals surface area contributed by atoms with Crippen molar-refractivity contribution >= 4 is 11.8 Å². The number of hydrogen-bond acceptors (Lipinski definition) is 4. The van der Waals surface area contributed by atoms with Crippen LogP contribution in [0.1, 0.15) is 44.1 Å². The Hall–Kier alpha value is -2.08. The average molecular weight is 400 g/mol. The average Bonchev–Trinajstić information content (AvgIpc) is 3.63. The van der Waals surface area contributed by atoms with Crippen LogP contribution in [-0.4, -0.2) is 60.9 Å². The number of carbonyl (C=O) groups is 2. The van der Waals surface area contributed by atoms with Gasteiger partial charge in [0.15, 0.2) is 0 Å². The van der Waals surface area contributed by atoms with Crippen LogP contribution in [0.4, 0.5) is 0 Å². The zero-order valence-electron chi connectivity index (χ0n) is 17.4. The van der Waals surface area contributed by atoms with Crippen LogP contribution < -0.4 is 10.1 Å². The lowest BCUT2D eigenvalue weighted by molar-refractivity contribution is -0.134. The molecule has 4 rings (SSSR count). The molecular formula is C23H33N3O3. The van der Waals surface area contributed by atoms with Crippen LogP contribution in [0.2, 0.25) is 0 Å². The number of piperidine rings is 2. The Kier molecular flexibility index (Phi) is 6.38. The lowest BCUT2D eigenvalue weighted by Crippen LogP contribution is -2.51. The van der Waals surface area contributed by atoms with Crippen LogP contribution in [0.25, 0.3) is 0 Å². The molecule has 0 bridgehead atoms. The summed E-state index contributed by atoms with van der Waals surface area (Å²) in [6.07, 6.45) is 6.26. The fourth-order valence-electron chi connectivity index (χ4n) is 4.71. The lowest BCUT2D eigenvalue weighted by Gasteiger charge is -2.42. The van der Waals surface area contributed by atoms with E-state index in [9.17, 15) is 9.59 Å². The molecule has 1 aromatic rings. The highest BCUT2D eigenvalue weighted by Gasteiger charge is 2.37. The van der Waals surface area contributed by atoms with E-state index in [0.29, 0.717) is 24.4 Å². The summed E-state index contributed by atoms with van der Waals surface area (Å²) in [6.45, 7) is 4.20. The van der Waals surface area contributed by atoms with Crippen LogP contribution in [0, 0.1) is 11.8 Å². The van der Waals surface area contributed by atoms with Gasteiger partial charge >= 0.3 is 0 Å². The molecule has 29 heavy (non-hydrogen) atoms. The van der Waals surface area contributed by atoms with Gasteiger partial charge in [-0.3, -0.25) is 14.5 Å². The Morgan fingerprint density at radius 3 is 2.59 bits per heavy atom. The summed E-state index contributed by atoms with van der Waals surface area (Å²) in [5.41, 5.74) is 1.05. The Morgan fingerprint density at radius 1 is 1.07 bits per heavy atom. The largest absolute Gasteiger partial charge is 0.497 e. The summed E-state index contributed by atoms with van der Waals surface area (Å²) < 4.78 is 5.25. The number of rotatable bonds is 6. The molecule has 2 heterocycles. The first-order valence-electron chi connectivity index (χ1n) is 11.1. The molecule has 1 aromatic carbocycles. The van der Waals surface area contributed by atoms with Crippen molar-refractivity contribution in [3.63, 3.8) is 0 Å². The molecule has 1 N–H and O–H groups in total. The minimum absolute atomic E-state index is 0.0560. The normalized spacial score (nSPS) is 23.6. The monoisotopic (exact) mass is 399 g/mol. The number of nitrogens with one attached hydrogen (secondary N) is 1. The van der Waals surface area contributed by atoms with Gasteiger partial charge in [-0.1, -0.05) is 12.1 Å². The van der Waals surface area contributed by atoms with Crippen LogP contribution in [0.3, 0.4) is 0 Å². The number of hydrogen-bond donors (Lipinski definition) is 1. The Bertz CT molecular complexity index is 726. The second-order valence-corrected chi connectivity index (χ2v) is 8.73. The van der Waals surface area contributed by atoms with Crippen LogP contribution in [0.5, 0.6) is 5.75 Å². The molecule has 6 nitrogen and oxygen atoms in total. The molecule has 1 aliphatic carbocycles. The Morgan fingerprint density at radius 2 is 1.86 bits per heavy atom. The fourth-order valence-corrected chi connectivity index (χ4v) is 4.71. The first-order chi connectivity index (χ1) is 14.1. The summed E-state index contributed by atoms with van der Waals surface area (Å²) in [6, 6.07) is 8.33. The zero-order valence-corrected chi connectivity index (χ0v) is 17.4. The molecule has 0 aromatic heterocycles. The molecule has 2 saturated heterocycles. The number of methoxy groups -OCH3 is 1. The van der Waals surface area contributed by atoms with Crippen molar-refractivity contribution < 1.29 is 14.3 Å². The molecule has 3 aliphatic rings. The molecule has 158 valence electrons. The van der Waals surface area contributed by atoms with Gasteiger partial charge in [0.05, 0.1) is 13.0 Å². The van der Waals surface area contributed by atoms with Crippen molar-refractivity contribution in [1.82, 2.24) is 15.1 Å². The number of likely N-dealkylation sites (tertiary alicyclic amines) is 2. The van der Waals surface area contributed by atoms with Crippen molar-refractivity contribution in [2.45, 2.75) is 51.1 Å². The van der Waals surface area contributed by atoms with Gasteiger partial charge in [0, 0.05) is 38.1 Å². The van der Waals surface area contributed by atoms with Crippen molar-refractivity contribution in [3.8, 4) is 5.75 Å². The van der Waals surface area contributed by atoms with Gasteiger partial charge < -0.3 is 15.0 Å². The van der Waals surface area contributed by atoms with E-state index >= 15 is 0 Å². The topological polar surface area (TPSA) is 61.9 Å². The lowest BCUT2D eigenvalue weighted by atomic mass is 9.93. The van der Waals surface area contributed by atoms with Gasteiger partial charge in [-0.25, -0.2) is 0 Å². The van der Waals surface area contributed by atoms with Gasteiger partial charge in [-0.05, 0) is 62.8 Å². The number of carbonyl (C=O) groups excluding carboxylic acids is 2. The van der Waals surface area contributed by atoms with E-state index in [1.165, 1.54) is 0 Å². The van der Waals surface area contributed by atoms with Gasteiger partial charge in [-0.15, -0.1) is 0 Å². The quantitative estimate of drug-likeness (QED) is 0.798. The molecule has 2 amide bonds. The summed E-state index contributed by atoms with van der Waals surface area (Å²) in [4.78, 5) is 29.6. The summed E-state index contributed by atoms with van der Waals surface area (Å²) in [5.74, 6) is 1.71. The van der Waals surface area contributed by atoms with Crippen LogP contribution in [-0.2, 0) is 16.1 Å². The van der Waals surface area contributed by atoms with Crippen molar-refractivity contribution in [1.29, 1.82) is 0 Å². The molecule has 0 spiro atoms. The van der Waals surface area contributed by atoms with Crippen LogP contribution >= 0.6 is 0 Å². The van der Waals surface area contributed by atoms with E-state index in [0.717, 1.165) is 76.0 Å². The Balaban J connectivity index is 1.24. The first kappa shape index (κ1) is 20.2. The maximum Gasteiger partial charge on any atom is 0.225 e. The predicted molar refractivity (Wildman–Crippen MR) is 111 cm³/mol. The highest BCUT2D eigenvalue weighted by molar-refractivity contribution is 5.81.